The molecule has 0 amide bonds. The van der Waals surface area contributed by atoms with E-state index in [4.69, 9.17) is 14.4 Å². The Hall–Kier alpha value is 0.630. The van der Waals surface area contributed by atoms with Gasteiger partial charge in [-0.3, -0.25) is 0 Å². The maximum atomic E-state index is 8.52. The molecule has 0 saturated carbocycles. The number of rotatable bonds is 0. The minimum absolute atomic E-state index is 0. The summed E-state index contributed by atoms with van der Waals surface area (Å²) < 4.78 is 8.52. The van der Waals surface area contributed by atoms with E-state index in [9.17, 15) is 0 Å². The third-order valence-corrected chi connectivity index (χ3v) is 0. The molecule has 0 aromatic rings. The fourth-order valence-electron chi connectivity index (χ4n) is 0. The molecular weight excluding hydrogens is 159 g/mol. The molecule has 5 heavy (non-hydrogen) atoms. The van der Waals surface area contributed by atoms with Crippen molar-refractivity contribution >= 4 is 8.25 Å². The zero-order valence-corrected chi connectivity index (χ0v) is 4.69. The van der Waals surface area contributed by atoms with Crippen LogP contribution in [0, 0.1) is 17.0 Å². The van der Waals surface area contributed by atoms with E-state index in [1.54, 1.807) is 0 Å². The molecule has 3 nitrogen and oxygen atoms in total. The highest BCUT2D eigenvalue weighted by Crippen LogP contribution is 1.79. The highest BCUT2D eigenvalue weighted by atomic mass is 79.9. The molecule has 0 aliphatic carbocycles. The van der Waals surface area contributed by atoms with Crippen LogP contribution in [-0.4, -0.2) is 0 Å². The van der Waals surface area contributed by atoms with Gasteiger partial charge in [-0.2, -0.15) is 0 Å². The van der Waals surface area contributed by atoms with Crippen LogP contribution >= 0.6 is 8.25 Å². The molecule has 0 fully saturated rings. The Kier molecular flexibility index (Phi) is 8.48. The summed E-state index contributed by atoms with van der Waals surface area (Å²) in [5.74, 6) is 0. The quantitative estimate of drug-likeness (QED) is 0.388. The van der Waals surface area contributed by atoms with Gasteiger partial charge >= 0.3 is 17.0 Å². The van der Waals surface area contributed by atoms with Crippen LogP contribution in [-0.2, 0) is 4.57 Å². The molecule has 0 heterocycles. The van der Waals surface area contributed by atoms with E-state index in [0.717, 1.165) is 0 Å². The van der Waals surface area contributed by atoms with Crippen molar-refractivity contribution in [1.29, 1.82) is 0 Å². The van der Waals surface area contributed by atoms with Gasteiger partial charge in [0.05, 0.1) is 0 Å². The Bertz CT molecular complexity index is 29.9. The predicted octanol–water partition coefficient (Wildman–Crippen LogP) is -1.90. The van der Waals surface area contributed by atoms with Gasteiger partial charge in [0.15, 0.2) is 0 Å². The second-order valence-corrected chi connectivity index (χ2v) is 0.750. The molecular formula is HBrO3P. The normalized spacial score (nSPS) is 7.00. The molecule has 0 saturated heterocycles. The SMILES string of the molecule is O=[PH]([O-])[O-].[Br+2]. The van der Waals surface area contributed by atoms with Crippen molar-refractivity contribution in [2.75, 3.05) is 0 Å². The van der Waals surface area contributed by atoms with Gasteiger partial charge < -0.3 is 14.4 Å². The van der Waals surface area contributed by atoms with E-state index in [1.165, 1.54) is 0 Å². The minimum atomic E-state index is -3.63. The standard InChI is InChI=1S/Br.H3O3P/c;1-4(2)3/h;4H,(H2,1,2,3)/q+2;/p-2. The number of hydrogen-bond donors (Lipinski definition) is 0. The maximum absolute atomic E-state index is 8.52. The summed E-state index contributed by atoms with van der Waals surface area (Å²) in [7, 11) is -3.63. The van der Waals surface area contributed by atoms with Crippen LogP contribution in [0.15, 0.2) is 0 Å². The van der Waals surface area contributed by atoms with Crippen LogP contribution in [0.5, 0.6) is 0 Å². The summed E-state index contributed by atoms with van der Waals surface area (Å²) in [4.78, 5) is 17.0. The molecule has 31 valence electrons. The molecule has 0 N–H and O–H groups in total. The van der Waals surface area contributed by atoms with Crippen LogP contribution in [0.2, 0.25) is 0 Å². The number of halogens is 1. The molecule has 0 aromatic heterocycles. The number of hydrogen-bond acceptors (Lipinski definition) is 3. The average molecular weight is 160 g/mol. The third-order valence-electron chi connectivity index (χ3n) is 0. The van der Waals surface area contributed by atoms with Crippen molar-refractivity contribution in [3.05, 3.63) is 0 Å². The fraction of sp³-hybridized carbons (Fsp3) is 0. The van der Waals surface area contributed by atoms with Crippen molar-refractivity contribution in [3.63, 3.8) is 0 Å². The van der Waals surface area contributed by atoms with Crippen LogP contribution in [0.4, 0.5) is 0 Å². The molecule has 0 aromatic carbocycles. The highest BCUT2D eigenvalue weighted by molar-refractivity contribution is 7.27. The maximum Gasteiger partial charge on any atom is 2.00 e. The molecule has 5 heteroatoms. The molecule has 0 unspecified atom stereocenters. The Balaban J connectivity index is 0. The molecule has 0 rings (SSSR count). The van der Waals surface area contributed by atoms with Crippen LogP contribution in [0.25, 0.3) is 0 Å². The predicted molar refractivity (Wildman–Crippen MR) is 9.00 cm³/mol. The second-order valence-electron chi connectivity index (χ2n) is 0.250. The van der Waals surface area contributed by atoms with Crippen molar-refractivity contribution in [1.82, 2.24) is 0 Å². The minimum Gasteiger partial charge on any atom is -0.813 e. The largest absolute Gasteiger partial charge is 2.00 e. The summed E-state index contributed by atoms with van der Waals surface area (Å²) in [5, 5.41) is 0. The van der Waals surface area contributed by atoms with Gasteiger partial charge in [0, 0.05) is 0 Å². The summed E-state index contributed by atoms with van der Waals surface area (Å²) in [6.07, 6.45) is 0. The molecule has 0 atom stereocenters. The summed E-state index contributed by atoms with van der Waals surface area (Å²) in [6, 6.07) is 0. The lowest BCUT2D eigenvalue weighted by atomic mass is 15.8. The van der Waals surface area contributed by atoms with Crippen molar-refractivity contribution < 1.29 is 31.3 Å². The Morgan fingerprint density at radius 3 is 1.40 bits per heavy atom. The Morgan fingerprint density at radius 1 is 1.40 bits per heavy atom. The lowest BCUT2D eigenvalue weighted by Crippen LogP contribution is -1.97. The van der Waals surface area contributed by atoms with Gasteiger partial charge in [-0.15, -0.1) is 0 Å². The van der Waals surface area contributed by atoms with Crippen molar-refractivity contribution in [3.8, 4) is 0 Å². The smallest absolute Gasteiger partial charge is 0.813 e. The van der Waals surface area contributed by atoms with E-state index in [0.29, 0.717) is 0 Å². The molecule has 0 spiro atoms. The van der Waals surface area contributed by atoms with Crippen LogP contribution in [0.1, 0.15) is 0 Å². The molecule has 0 aliphatic heterocycles. The average Bonchev–Trinajstić information content (AvgIpc) is 0.811. The van der Waals surface area contributed by atoms with Crippen LogP contribution in [0.3, 0.4) is 0 Å². The topological polar surface area (TPSA) is 63.2 Å². The fourth-order valence-corrected chi connectivity index (χ4v) is 0. The van der Waals surface area contributed by atoms with Crippen LogP contribution < -0.4 is 9.79 Å². The van der Waals surface area contributed by atoms with Crippen molar-refractivity contribution in [2.45, 2.75) is 0 Å². The first-order chi connectivity index (χ1) is 1.73. The van der Waals surface area contributed by atoms with E-state index in [1.807, 2.05) is 0 Å². The van der Waals surface area contributed by atoms with E-state index >= 15 is 0 Å². The van der Waals surface area contributed by atoms with Gasteiger partial charge in [0.2, 0.25) is 0 Å². The summed E-state index contributed by atoms with van der Waals surface area (Å²) >= 11 is 0. The van der Waals surface area contributed by atoms with E-state index in [2.05, 4.69) is 0 Å². The summed E-state index contributed by atoms with van der Waals surface area (Å²) in [5.41, 5.74) is 0. The van der Waals surface area contributed by atoms with Gasteiger partial charge in [-0.05, 0) is 0 Å². The van der Waals surface area contributed by atoms with E-state index < -0.39 is 8.25 Å². The molecule has 0 bridgehead atoms. The van der Waals surface area contributed by atoms with Gasteiger partial charge in [0.25, 0.3) is 0 Å². The van der Waals surface area contributed by atoms with Gasteiger partial charge in [0.1, 0.15) is 0 Å². The van der Waals surface area contributed by atoms with Crippen molar-refractivity contribution in [2.24, 2.45) is 0 Å². The lowest BCUT2D eigenvalue weighted by Gasteiger charge is -2.03. The monoisotopic (exact) mass is 159 g/mol. The zero-order chi connectivity index (χ0) is 3.58. The first-order valence-corrected chi connectivity index (χ1v) is 1.84. The molecule has 0 aliphatic rings. The Morgan fingerprint density at radius 2 is 1.40 bits per heavy atom. The third kappa shape index (κ3) is 80.7. The highest BCUT2D eigenvalue weighted by Gasteiger charge is 2.00. The summed E-state index contributed by atoms with van der Waals surface area (Å²) in [6.45, 7) is 0. The Labute approximate surface area is 40.4 Å². The van der Waals surface area contributed by atoms with E-state index in [-0.39, 0.29) is 17.0 Å². The first-order valence-electron chi connectivity index (χ1n) is 0.612. The van der Waals surface area contributed by atoms with Gasteiger partial charge in [-0.25, -0.2) is 0 Å². The molecule has 3 radical (unpaired) electrons. The first kappa shape index (κ1) is 9.16. The zero-order valence-electron chi connectivity index (χ0n) is 2.10. The van der Waals surface area contributed by atoms with Gasteiger partial charge in [-0.1, -0.05) is 8.25 Å². The lowest BCUT2D eigenvalue weighted by molar-refractivity contribution is -0.297. The second kappa shape index (κ2) is 4.63.